The van der Waals surface area contributed by atoms with Gasteiger partial charge in [-0.05, 0) is 49.9 Å². The first kappa shape index (κ1) is 16.0. The second-order valence-electron chi connectivity index (χ2n) is 5.79. The lowest BCUT2D eigenvalue weighted by Crippen LogP contribution is -2.40. The third-order valence-corrected chi connectivity index (χ3v) is 4.24. The molecule has 0 aliphatic heterocycles. The molecular weight excluding hydrogens is 267 g/mol. The van der Waals surface area contributed by atoms with Gasteiger partial charge in [-0.25, -0.2) is 4.39 Å². The van der Waals surface area contributed by atoms with E-state index in [1.165, 1.54) is 25.0 Å². The van der Waals surface area contributed by atoms with Crippen molar-refractivity contribution >= 4 is 5.91 Å². The topological polar surface area (TPSA) is 46.3 Å². The van der Waals surface area contributed by atoms with Gasteiger partial charge >= 0.3 is 0 Å². The summed E-state index contributed by atoms with van der Waals surface area (Å²) in [6, 6.07) is 6.94. The second-order valence-corrected chi connectivity index (χ2v) is 5.79. The summed E-state index contributed by atoms with van der Waals surface area (Å²) in [6.45, 7) is 1.28. The van der Waals surface area contributed by atoms with Crippen molar-refractivity contribution < 1.29 is 9.18 Å². The van der Waals surface area contributed by atoms with Crippen molar-refractivity contribution in [2.24, 2.45) is 5.73 Å². The molecule has 0 saturated heterocycles. The van der Waals surface area contributed by atoms with Crippen LogP contribution in [0.2, 0.25) is 0 Å². The summed E-state index contributed by atoms with van der Waals surface area (Å²) in [6.07, 6.45) is 6.71. The van der Waals surface area contributed by atoms with Crippen LogP contribution in [0.15, 0.2) is 24.3 Å². The maximum Gasteiger partial charge on any atom is 0.222 e. The quantitative estimate of drug-likeness (QED) is 0.840. The first-order valence-electron chi connectivity index (χ1n) is 7.94. The lowest BCUT2D eigenvalue weighted by Gasteiger charge is -2.29. The number of nitrogens with zero attached hydrogens (tertiary/aromatic N) is 1. The molecule has 0 aromatic heterocycles. The molecule has 0 unspecified atom stereocenters. The summed E-state index contributed by atoms with van der Waals surface area (Å²) >= 11 is 0. The number of nitrogens with two attached hydrogens (primary N) is 1. The molecule has 4 heteroatoms. The Morgan fingerprint density at radius 2 is 1.90 bits per heavy atom. The fourth-order valence-electron chi connectivity index (χ4n) is 3.02. The fourth-order valence-corrected chi connectivity index (χ4v) is 3.02. The summed E-state index contributed by atoms with van der Waals surface area (Å²) in [5, 5.41) is 0. The Balaban J connectivity index is 1.94. The maximum atomic E-state index is 12.9. The van der Waals surface area contributed by atoms with Gasteiger partial charge in [0.05, 0.1) is 0 Å². The van der Waals surface area contributed by atoms with Gasteiger partial charge in [0.2, 0.25) is 5.91 Å². The predicted molar refractivity (Wildman–Crippen MR) is 82.4 cm³/mol. The van der Waals surface area contributed by atoms with E-state index in [4.69, 9.17) is 5.73 Å². The number of carbonyl (C=O) groups excluding carboxylic acids is 1. The Hall–Kier alpha value is -1.42. The second kappa shape index (κ2) is 8.13. The van der Waals surface area contributed by atoms with E-state index in [1.807, 2.05) is 4.90 Å². The molecule has 0 atom stereocenters. The minimum atomic E-state index is -0.217. The molecule has 1 aliphatic carbocycles. The van der Waals surface area contributed by atoms with Crippen molar-refractivity contribution in [2.45, 2.75) is 51.0 Å². The highest BCUT2D eigenvalue weighted by Gasteiger charge is 2.25. The highest BCUT2D eigenvalue weighted by Crippen LogP contribution is 2.24. The van der Waals surface area contributed by atoms with Crippen molar-refractivity contribution in [1.82, 2.24) is 4.90 Å². The molecule has 21 heavy (non-hydrogen) atoms. The van der Waals surface area contributed by atoms with Gasteiger partial charge in [-0.1, -0.05) is 25.0 Å². The predicted octanol–water partition coefficient (Wildman–Crippen LogP) is 2.88. The molecule has 1 aromatic carbocycles. The number of carbonyl (C=O) groups is 1. The zero-order chi connectivity index (χ0) is 15.1. The Morgan fingerprint density at radius 3 is 2.52 bits per heavy atom. The summed E-state index contributed by atoms with van der Waals surface area (Å²) in [5.41, 5.74) is 6.58. The van der Waals surface area contributed by atoms with Crippen LogP contribution in [0.3, 0.4) is 0 Å². The normalized spacial score (nSPS) is 15.3. The van der Waals surface area contributed by atoms with Crippen LogP contribution in [0.5, 0.6) is 0 Å². The van der Waals surface area contributed by atoms with Gasteiger partial charge < -0.3 is 10.6 Å². The number of halogens is 1. The van der Waals surface area contributed by atoms with E-state index in [2.05, 4.69) is 0 Å². The Labute approximate surface area is 126 Å². The average molecular weight is 292 g/mol. The zero-order valence-electron chi connectivity index (χ0n) is 12.6. The number of benzene rings is 1. The van der Waals surface area contributed by atoms with E-state index in [0.717, 1.165) is 37.8 Å². The standard InChI is InChI=1S/C17H25FN2O/c18-15-9-7-14(8-10-15)11-13-20(16-4-1-2-5-16)17(21)6-3-12-19/h7-10,16H,1-6,11-13,19H2. The summed E-state index contributed by atoms with van der Waals surface area (Å²) in [7, 11) is 0. The molecule has 1 aliphatic rings. The first-order valence-corrected chi connectivity index (χ1v) is 7.94. The average Bonchev–Trinajstić information content (AvgIpc) is 3.01. The van der Waals surface area contributed by atoms with Crippen LogP contribution in [-0.4, -0.2) is 29.9 Å². The molecule has 2 N–H and O–H groups in total. The van der Waals surface area contributed by atoms with Crippen LogP contribution in [-0.2, 0) is 11.2 Å². The molecule has 1 aromatic rings. The van der Waals surface area contributed by atoms with Gasteiger partial charge in [-0.2, -0.15) is 0 Å². The molecule has 0 bridgehead atoms. The lowest BCUT2D eigenvalue weighted by atomic mass is 10.1. The van der Waals surface area contributed by atoms with Crippen LogP contribution in [0.4, 0.5) is 4.39 Å². The van der Waals surface area contributed by atoms with E-state index < -0.39 is 0 Å². The smallest absolute Gasteiger partial charge is 0.222 e. The van der Waals surface area contributed by atoms with Crippen LogP contribution in [0, 0.1) is 5.82 Å². The van der Waals surface area contributed by atoms with E-state index in [-0.39, 0.29) is 11.7 Å². The largest absolute Gasteiger partial charge is 0.339 e. The molecule has 3 nitrogen and oxygen atoms in total. The van der Waals surface area contributed by atoms with Gasteiger partial charge in [-0.3, -0.25) is 4.79 Å². The minimum Gasteiger partial charge on any atom is -0.339 e. The third-order valence-electron chi connectivity index (χ3n) is 4.24. The van der Waals surface area contributed by atoms with Gasteiger partial charge in [0, 0.05) is 19.0 Å². The van der Waals surface area contributed by atoms with Crippen molar-refractivity contribution in [3.8, 4) is 0 Å². The molecule has 1 amide bonds. The van der Waals surface area contributed by atoms with E-state index >= 15 is 0 Å². The monoisotopic (exact) mass is 292 g/mol. The van der Waals surface area contributed by atoms with E-state index in [1.54, 1.807) is 12.1 Å². The maximum absolute atomic E-state index is 12.9. The zero-order valence-corrected chi connectivity index (χ0v) is 12.6. The highest BCUT2D eigenvalue weighted by molar-refractivity contribution is 5.76. The van der Waals surface area contributed by atoms with Gasteiger partial charge in [0.1, 0.15) is 5.82 Å². The first-order chi connectivity index (χ1) is 10.2. The Morgan fingerprint density at radius 1 is 1.24 bits per heavy atom. The summed E-state index contributed by atoms with van der Waals surface area (Å²) in [4.78, 5) is 14.4. The molecule has 0 radical (unpaired) electrons. The molecule has 0 spiro atoms. The van der Waals surface area contributed by atoms with Crippen LogP contribution in [0.25, 0.3) is 0 Å². The molecular formula is C17H25FN2O. The van der Waals surface area contributed by atoms with Crippen LogP contribution in [0.1, 0.15) is 44.1 Å². The summed E-state index contributed by atoms with van der Waals surface area (Å²) in [5.74, 6) is -0.000108. The number of hydrogen-bond acceptors (Lipinski definition) is 2. The molecule has 1 saturated carbocycles. The fraction of sp³-hybridized carbons (Fsp3) is 0.588. The van der Waals surface area contributed by atoms with Crippen molar-refractivity contribution in [2.75, 3.05) is 13.1 Å². The Bertz CT molecular complexity index is 441. The van der Waals surface area contributed by atoms with Gasteiger partial charge in [0.25, 0.3) is 0 Å². The van der Waals surface area contributed by atoms with Gasteiger partial charge in [-0.15, -0.1) is 0 Å². The van der Waals surface area contributed by atoms with Crippen molar-refractivity contribution in [3.05, 3.63) is 35.6 Å². The number of amides is 1. The SMILES string of the molecule is NCCCC(=O)N(CCc1ccc(F)cc1)C1CCCC1. The molecule has 116 valence electrons. The van der Waals surface area contributed by atoms with Crippen molar-refractivity contribution in [3.63, 3.8) is 0 Å². The molecule has 2 rings (SSSR count). The molecule has 0 heterocycles. The highest BCUT2D eigenvalue weighted by atomic mass is 19.1. The number of hydrogen-bond donors (Lipinski definition) is 1. The van der Waals surface area contributed by atoms with Crippen molar-refractivity contribution in [1.29, 1.82) is 0 Å². The summed E-state index contributed by atoms with van der Waals surface area (Å²) < 4.78 is 12.9. The molecule has 1 fully saturated rings. The van der Waals surface area contributed by atoms with E-state index in [9.17, 15) is 9.18 Å². The van der Waals surface area contributed by atoms with Crippen LogP contribution >= 0.6 is 0 Å². The van der Waals surface area contributed by atoms with E-state index in [0.29, 0.717) is 19.0 Å². The third kappa shape index (κ3) is 4.81. The van der Waals surface area contributed by atoms with Crippen LogP contribution < -0.4 is 5.73 Å². The van der Waals surface area contributed by atoms with Gasteiger partial charge in [0.15, 0.2) is 0 Å². The lowest BCUT2D eigenvalue weighted by molar-refractivity contribution is -0.133. The number of rotatable bonds is 7. The minimum absolute atomic E-state index is 0.217. The Kier molecular flexibility index (Phi) is 6.18.